The molecule has 0 radical (unpaired) electrons. The minimum absolute atomic E-state index is 0.0165. The third-order valence-corrected chi connectivity index (χ3v) is 7.68. The second-order valence-corrected chi connectivity index (χ2v) is 11.0. The number of nitrogens with one attached hydrogen (secondary N) is 2. The lowest BCUT2D eigenvalue weighted by molar-refractivity contribution is -0.140. The lowest BCUT2D eigenvalue weighted by Gasteiger charge is -2.38. The Morgan fingerprint density at radius 1 is 0.714 bits per heavy atom. The molecule has 1 unspecified atom stereocenters. The van der Waals surface area contributed by atoms with Crippen molar-refractivity contribution in [3.05, 3.63) is 0 Å². The minimum atomic E-state index is -1.01. The quantitative estimate of drug-likeness (QED) is 0.102. The lowest BCUT2D eigenvalue weighted by Crippen LogP contribution is -2.57. The molecule has 2 fully saturated rings. The molecule has 2 aliphatic heterocycles. The van der Waals surface area contributed by atoms with Gasteiger partial charge in [0.25, 0.3) is 0 Å². The Morgan fingerprint density at radius 3 is 1.55 bits per heavy atom. The summed E-state index contributed by atoms with van der Waals surface area (Å²) < 4.78 is 0. The number of aliphatic carboxylic acids is 3. The second kappa shape index (κ2) is 19.5. The molecule has 1 atom stereocenters. The van der Waals surface area contributed by atoms with Crippen molar-refractivity contribution >= 4 is 30.1 Å². The number of aldehydes is 1. The van der Waals surface area contributed by atoms with Crippen molar-refractivity contribution in [1.82, 2.24) is 35.1 Å². The summed E-state index contributed by atoms with van der Waals surface area (Å²) in [6.07, 6.45) is 3.67. The zero-order chi connectivity index (χ0) is 30.9. The number of hydrogen-bond donors (Lipinski definition) is 5. The van der Waals surface area contributed by atoms with Gasteiger partial charge in [0.2, 0.25) is 5.91 Å². The van der Waals surface area contributed by atoms with E-state index in [4.69, 9.17) is 0 Å². The average molecular weight is 600 g/mol. The molecule has 0 bridgehead atoms. The molecule has 15 heteroatoms. The summed E-state index contributed by atoms with van der Waals surface area (Å²) in [7, 11) is 0. The largest absolute Gasteiger partial charge is 0.480 e. The molecule has 2 rings (SSSR count). The summed E-state index contributed by atoms with van der Waals surface area (Å²) in [5.41, 5.74) is 0. The molecule has 240 valence electrons. The molecule has 2 aliphatic rings. The van der Waals surface area contributed by atoms with Crippen LogP contribution in [0.15, 0.2) is 0 Å². The highest BCUT2D eigenvalue weighted by atomic mass is 16.4. The molecule has 0 aromatic rings. The Morgan fingerprint density at radius 2 is 1.14 bits per heavy atom. The molecule has 2 heterocycles. The van der Waals surface area contributed by atoms with Crippen LogP contribution in [0.5, 0.6) is 0 Å². The number of carbonyl (C=O) groups is 5. The van der Waals surface area contributed by atoms with Crippen molar-refractivity contribution in [2.75, 3.05) is 98.2 Å². The van der Waals surface area contributed by atoms with Gasteiger partial charge in [-0.3, -0.25) is 49.0 Å². The molecule has 15 nitrogen and oxygen atoms in total. The van der Waals surface area contributed by atoms with E-state index < -0.39 is 24.1 Å². The van der Waals surface area contributed by atoms with E-state index in [0.717, 1.165) is 45.1 Å². The van der Waals surface area contributed by atoms with Crippen LogP contribution in [0.3, 0.4) is 0 Å². The summed E-state index contributed by atoms with van der Waals surface area (Å²) >= 11 is 0. The highest BCUT2D eigenvalue weighted by molar-refractivity contribution is 5.78. The smallest absolute Gasteiger partial charge is 0.317 e. The summed E-state index contributed by atoms with van der Waals surface area (Å²) in [5, 5.41) is 34.5. The first-order chi connectivity index (χ1) is 20.1. The predicted molar refractivity (Wildman–Crippen MR) is 154 cm³/mol. The van der Waals surface area contributed by atoms with Crippen molar-refractivity contribution in [1.29, 1.82) is 0 Å². The number of amides is 1. The highest BCUT2D eigenvalue weighted by Gasteiger charge is 2.27. The van der Waals surface area contributed by atoms with Crippen LogP contribution in [0.2, 0.25) is 0 Å². The molecule has 0 aliphatic carbocycles. The van der Waals surface area contributed by atoms with Gasteiger partial charge >= 0.3 is 17.9 Å². The second-order valence-electron chi connectivity index (χ2n) is 11.0. The van der Waals surface area contributed by atoms with Crippen molar-refractivity contribution in [3.63, 3.8) is 0 Å². The van der Waals surface area contributed by atoms with Gasteiger partial charge in [-0.25, -0.2) is 0 Å². The molecule has 0 aromatic carbocycles. The van der Waals surface area contributed by atoms with E-state index in [0.29, 0.717) is 65.4 Å². The number of nitrogens with zero attached hydrogens (tertiary/aromatic N) is 5. The molecule has 0 spiro atoms. The van der Waals surface area contributed by atoms with Gasteiger partial charge in [0, 0.05) is 78.0 Å². The van der Waals surface area contributed by atoms with E-state index in [-0.39, 0.29) is 31.6 Å². The van der Waals surface area contributed by atoms with Crippen LogP contribution in [0.1, 0.15) is 32.6 Å². The molecule has 5 N–H and O–H groups in total. The number of likely N-dealkylation sites (tertiary alicyclic amines) is 1. The SMILES string of the molecule is CCCCNC(=O)CN1CCC(NC(C=O)N2CCN(CC(=O)O)CCN(CC(=O)O)CCN(CC(=O)O)CC2)CC1. The summed E-state index contributed by atoms with van der Waals surface area (Å²) in [5.74, 6) is -2.99. The van der Waals surface area contributed by atoms with Gasteiger partial charge in [0.15, 0.2) is 6.29 Å². The molecule has 42 heavy (non-hydrogen) atoms. The van der Waals surface area contributed by atoms with Crippen molar-refractivity contribution < 1.29 is 39.3 Å². The topological polar surface area (TPSA) is 186 Å². The maximum absolute atomic E-state index is 12.3. The van der Waals surface area contributed by atoms with E-state index >= 15 is 0 Å². The van der Waals surface area contributed by atoms with Crippen LogP contribution in [0, 0.1) is 0 Å². The number of carbonyl (C=O) groups excluding carboxylic acids is 2. The van der Waals surface area contributed by atoms with Crippen LogP contribution < -0.4 is 10.6 Å². The van der Waals surface area contributed by atoms with Gasteiger partial charge < -0.3 is 25.4 Å². The number of piperidine rings is 1. The molecule has 2 saturated heterocycles. The van der Waals surface area contributed by atoms with E-state index in [1.807, 2.05) is 4.90 Å². The summed E-state index contributed by atoms with van der Waals surface area (Å²) in [6, 6.07) is 0.0517. The zero-order valence-corrected chi connectivity index (χ0v) is 24.8. The van der Waals surface area contributed by atoms with Gasteiger partial charge in [-0.1, -0.05) is 13.3 Å². The first-order valence-electron chi connectivity index (χ1n) is 14.9. The number of carboxylic acids is 3. The third kappa shape index (κ3) is 14.5. The molecular weight excluding hydrogens is 550 g/mol. The molecule has 0 saturated carbocycles. The van der Waals surface area contributed by atoms with E-state index in [1.165, 1.54) is 0 Å². The third-order valence-electron chi connectivity index (χ3n) is 7.68. The standard InChI is InChI=1S/C27H49N7O8/c1-2-3-6-28-24(36)17-30-7-4-22(5-8-30)29-23(21-35)34-15-13-32(19-26(39)40)11-9-31(18-25(37)38)10-12-33(14-16-34)20-27(41)42/h21-23,29H,2-20H2,1H3,(H,28,36)(H,37,38)(H,39,40)(H,41,42). The van der Waals surface area contributed by atoms with Gasteiger partial charge in [0.1, 0.15) is 6.17 Å². The number of rotatable bonds is 15. The Bertz CT molecular complexity index is 839. The average Bonchev–Trinajstić information content (AvgIpc) is 2.92. The Labute approximate surface area is 247 Å². The maximum atomic E-state index is 12.3. The highest BCUT2D eigenvalue weighted by Crippen LogP contribution is 2.12. The van der Waals surface area contributed by atoms with Gasteiger partial charge in [-0.05, 0) is 19.3 Å². The van der Waals surface area contributed by atoms with Crippen LogP contribution in [-0.4, -0.2) is 180 Å². The van der Waals surface area contributed by atoms with E-state index in [1.54, 1.807) is 14.7 Å². The van der Waals surface area contributed by atoms with E-state index in [2.05, 4.69) is 22.5 Å². The first kappa shape index (κ1) is 35.5. The predicted octanol–water partition coefficient (Wildman–Crippen LogP) is -2.04. The summed E-state index contributed by atoms with van der Waals surface area (Å²) in [6.45, 7) is 6.52. The Kier molecular flexibility index (Phi) is 16.5. The normalized spacial score (nSPS) is 20.7. The Balaban J connectivity index is 2.05. The van der Waals surface area contributed by atoms with Gasteiger partial charge in [-0.2, -0.15) is 0 Å². The number of carboxylic acid groups (broad SMARTS) is 3. The Hall–Kier alpha value is -2.69. The van der Waals surface area contributed by atoms with Crippen LogP contribution >= 0.6 is 0 Å². The monoisotopic (exact) mass is 599 g/mol. The van der Waals surface area contributed by atoms with Crippen LogP contribution in [0.25, 0.3) is 0 Å². The first-order valence-corrected chi connectivity index (χ1v) is 14.9. The number of hydrogen-bond acceptors (Lipinski definition) is 11. The number of unbranched alkanes of at least 4 members (excludes halogenated alkanes) is 1. The van der Waals surface area contributed by atoms with Gasteiger partial charge in [0.05, 0.1) is 26.2 Å². The fourth-order valence-electron chi connectivity index (χ4n) is 5.27. The lowest BCUT2D eigenvalue weighted by atomic mass is 10.0. The molecule has 1 amide bonds. The molecule has 0 aromatic heterocycles. The fraction of sp³-hybridized carbons (Fsp3) is 0.815. The summed E-state index contributed by atoms with van der Waals surface area (Å²) in [4.78, 5) is 68.0. The zero-order valence-electron chi connectivity index (χ0n) is 24.8. The fourth-order valence-corrected chi connectivity index (χ4v) is 5.27. The maximum Gasteiger partial charge on any atom is 0.317 e. The van der Waals surface area contributed by atoms with Crippen LogP contribution in [-0.2, 0) is 24.0 Å². The van der Waals surface area contributed by atoms with Crippen molar-refractivity contribution in [3.8, 4) is 0 Å². The van der Waals surface area contributed by atoms with E-state index in [9.17, 15) is 39.3 Å². The van der Waals surface area contributed by atoms with Crippen molar-refractivity contribution in [2.45, 2.75) is 44.8 Å². The van der Waals surface area contributed by atoms with Gasteiger partial charge in [-0.15, -0.1) is 0 Å². The van der Waals surface area contributed by atoms with Crippen LogP contribution in [0.4, 0.5) is 0 Å². The van der Waals surface area contributed by atoms with Crippen molar-refractivity contribution in [2.24, 2.45) is 0 Å². The minimum Gasteiger partial charge on any atom is -0.480 e. The molecular formula is C27H49N7O8.